The molecule has 0 radical (unpaired) electrons. The average Bonchev–Trinajstić information content (AvgIpc) is 3.00. The third kappa shape index (κ3) is 3.86. The van der Waals surface area contributed by atoms with E-state index in [9.17, 15) is 9.59 Å². The van der Waals surface area contributed by atoms with E-state index in [4.69, 9.17) is 4.74 Å². The third-order valence-electron chi connectivity index (χ3n) is 6.20. The number of carbonyl (C=O) groups excluding carboxylic acids is 1. The van der Waals surface area contributed by atoms with Crippen molar-refractivity contribution in [1.82, 2.24) is 19.4 Å². The second-order valence-corrected chi connectivity index (χ2v) is 8.03. The Labute approximate surface area is 165 Å². The molecule has 2 heterocycles. The van der Waals surface area contributed by atoms with Crippen LogP contribution in [0.5, 0.6) is 0 Å². The van der Waals surface area contributed by atoms with Gasteiger partial charge in [-0.3, -0.25) is 9.47 Å². The van der Waals surface area contributed by atoms with Crippen molar-refractivity contribution in [2.24, 2.45) is 5.92 Å². The molecule has 2 unspecified atom stereocenters. The number of rotatable bonds is 4. The summed E-state index contributed by atoms with van der Waals surface area (Å²) in [7, 11) is 0. The molecule has 2 atom stereocenters. The van der Waals surface area contributed by atoms with Crippen molar-refractivity contribution in [2.75, 3.05) is 32.8 Å². The maximum atomic E-state index is 13.1. The lowest BCUT2D eigenvalue weighted by molar-refractivity contribution is 0.0364. The Bertz CT molecular complexity index is 881. The molecule has 1 amide bonds. The molecule has 28 heavy (non-hydrogen) atoms. The Kier molecular flexibility index (Phi) is 5.82. The molecule has 1 aromatic carbocycles. The molecule has 1 aliphatic heterocycles. The van der Waals surface area contributed by atoms with Crippen LogP contribution in [0.4, 0.5) is 4.79 Å². The van der Waals surface area contributed by atoms with E-state index >= 15 is 0 Å². The highest BCUT2D eigenvalue weighted by Crippen LogP contribution is 2.24. The fourth-order valence-corrected chi connectivity index (χ4v) is 4.44. The fourth-order valence-electron chi connectivity index (χ4n) is 4.44. The number of para-hydroxylation sites is 2. The fraction of sp³-hybridized carbons (Fsp3) is 0.619. The number of ether oxygens (including phenoxy) is 1. The van der Waals surface area contributed by atoms with Gasteiger partial charge < -0.3 is 10.1 Å². The average molecular weight is 386 g/mol. The van der Waals surface area contributed by atoms with E-state index in [1.807, 2.05) is 24.3 Å². The molecule has 1 aromatic heterocycles. The number of carbonyl (C=O) groups is 1. The number of morpholine rings is 1. The normalized spacial score (nSPS) is 23.8. The molecule has 152 valence electrons. The number of amides is 1. The smallest absolute Gasteiger partial charge is 0.337 e. The van der Waals surface area contributed by atoms with Crippen LogP contribution >= 0.6 is 0 Å². The Morgan fingerprint density at radius 2 is 1.82 bits per heavy atom. The summed E-state index contributed by atoms with van der Waals surface area (Å²) in [6.45, 7) is 6.76. The molecular weight excluding hydrogens is 356 g/mol. The Morgan fingerprint density at radius 1 is 1.11 bits per heavy atom. The number of nitrogens with zero attached hydrogens (tertiary/aromatic N) is 3. The van der Waals surface area contributed by atoms with E-state index in [-0.39, 0.29) is 17.8 Å². The van der Waals surface area contributed by atoms with Crippen molar-refractivity contribution < 1.29 is 9.53 Å². The van der Waals surface area contributed by atoms with Gasteiger partial charge in [-0.2, -0.15) is 0 Å². The van der Waals surface area contributed by atoms with E-state index in [1.165, 1.54) is 11.0 Å². The van der Waals surface area contributed by atoms with E-state index in [0.717, 1.165) is 57.6 Å². The highest BCUT2D eigenvalue weighted by atomic mass is 16.5. The summed E-state index contributed by atoms with van der Waals surface area (Å²) in [4.78, 5) is 28.5. The van der Waals surface area contributed by atoms with Gasteiger partial charge >= 0.3 is 11.7 Å². The number of nitrogens with one attached hydrogen (secondary N) is 1. The Balaban J connectivity index is 1.58. The summed E-state index contributed by atoms with van der Waals surface area (Å²) in [6.07, 6.45) is 4.46. The molecule has 1 N–H and O–H groups in total. The van der Waals surface area contributed by atoms with Gasteiger partial charge in [-0.05, 0) is 30.9 Å². The minimum atomic E-state index is -0.301. The Morgan fingerprint density at radius 3 is 2.57 bits per heavy atom. The maximum absolute atomic E-state index is 13.1. The highest BCUT2D eigenvalue weighted by molar-refractivity contribution is 5.89. The monoisotopic (exact) mass is 386 g/mol. The summed E-state index contributed by atoms with van der Waals surface area (Å²) in [5, 5.41) is 3.12. The lowest BCUT2D eigenvalue weighted by atomic mass is 9.86. The highest BCUT2D eigenvalue weighted by Gasteiger charge is 2.26. The number of aromatic nitrogens is 2. The van der Waals surface area contributed by atoms with Crippen LogP contribution in [0.1, 0.15) is 32.6 Å². The van der Waals surface area contributed by atoms with Crippen molar-refractivity contribution in [3.63, 3.8) is 0 Å². The molecule has 1 saturated carbocycles. The van der Waals surface area contributed by atoms with Crippen LogP contribution in [0.3, 0.4) is 0 Å². The summed E-state index contributed by atoms with van der Waals surface area (Å²) in [6, 6.07) is 7.41. The Hall–Kier alpha value is -2.12. The largest absolute Gasteiger partial charge is 0.379 e. The number of hydrogen-bond donors (Lipinski definition) is 1. The second-order valence-electron chi connectivity index (χ2n) is 8.03. The minimum Gasteiger partial charge on any atom is -0.379 e. The van der Waals surface area contributed by atoms with Gasteiger partial charge in [0.15, 0.2) is 0 Å². The van der Waals surface area contributed by atoms with Crippen molar-refractivity contribution in [3.05, 3.63) is 34.7 Å². The quantitative estimate of drug-likeness (QED) is 0.875. The van der Waals surface area contributed by atoms with Crippen LogP contribution in [-0.4, -0.2) is 59.0 Å². The van der Waals surface area contributed by atoms with E-state index in [1.54, 1.807) is 4.57 Å². The van der Waals surface area contributed by atoms with E-state index in [0.29, 0.717) is 18.0 Å². The number of imidazole rings is 1. The molecule has 7 nitrogen and oxygen atoms in total. The van der Waals surface area contributed by atoms with Gasteiger partial charge in [-0.25, -0.2) is 14.2 Å². The van der Waals surface area contributed by atoms with E-state index in [2.05, 4.69) is 17.1 Å². The zero-order valence-corrected chi connectivity index (χ0v) is 16.6. The molecular formula is C21H30N4O3. The lowest BCUT2D eigenvalue weighted by Crippen LogP contribution is -2.46. The summed E-state index contributed by atoms with van der Waals surface area (Å²) in [5.41, 5.74) is 1.23. The zero-order chi connectivity index (χ0) is 19.5. The first kappa shape index (κ1) is 19.2. The van der Waals surface area contributed by atoms with Gasteiger partial charge in [-0.1, -0.05) is 31.9 Å². The molecule has 2 aliphatic rings. The topological polar surface area (TPSA) is 68.5 Å². The van der Waals surface area contributed by atoms with Crippen LogP contribution in [-0.2, 0) is 11.3 Å². The molecule has 7 heteroatoms. The van der Waals surface area contributed by atoms with Crippen molar-refractivity contribution >= 4 is 17.1 Å². The molecule has 2 fully saturated rings. The lowest BCUT2D eigenvalue weighted by Gasteiger charge is -2.29. The summed E-state index contributed by atoms with van der Waals surface area (Å²) < 4.78 is 8.44. The first-order valence-corrected chi connectivity index (χ1v) is 10.5. The van der Waals surface area contributed by atoms with Crippen molar-refractivity contribution in [1.29, 1.82) is 0 Å². The minimum absolute atomic E-state index is 0.142. The number of benzene rings is 1. The summed E-state index contributed by atoms with van der Waals surface area (Å²) in [5.74, 6) is 0.447. The van der Waals surface area contributed by atoms with Crippen LogP contribution in [0.15, 0.2) is 29.1 Å². The standard InChI is InChI=1S/C21H30N4O3/c1-16-6-2-3-7-17(16)22-20(26)25-19-9-5-4-8-18(19)24(21(25)27)11-10-23-12-14-28-15-13-23/h4-5,8-9,16-17H,2-3,6-7,10-15H2,1H3,(H,22,26). The first-order chi connectivity index (χ1) is 13.6. The van der Waals surface area contributed by atoms with Gasteiger partial charge in [-0.15, -0.1) is 0 Å². The number of hydrogen-bond acceptors (Lipinski definition) is 4. The molecule has 1 saturated heterocycles. The molecule has 0 bridgehead atoms. The van der Waals surface area contributed by atoms with Gasteiger partial charge in [0.1, 0.15) is 0 Å². The predicted octanol–water partition coefficient (Wildman–Crippen LogP) is 2.27. The van der Waals surface area contributed by atoms with E-state index < -0.39 is 0 Å². The van der Waals surface area contributed by atoms with Gasteiger partial charge in [0.25, 0.3) is 0 Å². The molecule has 0 spiro atoms. The van der Waals surface area contributed by atoms with Crippen LogP contribution < -0.4 is 11.0 Å². The second kappa shape index (κ2) is 8.49. The van der Waals surface area contributed by atoms with Crippen LogP contribution in [0, 0.1) is 5.92 Å². The van der Waals surface area contributed by atoms with Gasteiger partial charge in [0.2, 0.25) is 0 Å². The molecule has 4 rings (SSSR count). The van der Waals surface area contributed by atoms with Gasteiger partial charge in [0, 0.05) is 32.2 Å². The SMILES string of the molecule is CC1CCCCC1NC(=O)n1c(=O)n(CCN2CCOCC2)c2ccccc21. The number of fused-ring (bicyclic) bond motifs is 1. The molecule has 1 aliphatic carbocycles. The van der Waals surface area contributed by atoms with Gasteiger partial charge in [0.05, 0.1) is 24.2 Å². The summed E-state index contributed by atoms with van der Waals surface area (Å²) >= 11 is 0. The van der Waals surface area contributed by atoms with Crippen LogP contribution in [0.2, 0.25) is 0 Å². The first-order valence-electron chi connectivity index (χ1n) is 10.5. The molecule has 2 aromatic rings. The third-order valence-corrected chi connectivity index (χ3v) is 6.20. The zero-order valence-electron chi connectivity index (χ0n) is 16.6. The van der Waals surface area contributed by atoms with Crippen molar-refractivity contribution in [2.45, 2.75) is 45.2 Å². The maximum Gasteiger partial charge on any atom is 0.337 e. The van der Waals surface area contributed by atoms with Crippen molar-refractivity contribution in [3.8, 4) is 0 Å². The van der Waals surface area contributed by atoms with Crippen LogP contribution in [0.25, 0.3) is 11.0 Å². The predicted molar refractivity (Wildman–Crippen MR) is 109 cm³/mol.